The van der Waals surface area contributed by atoms with Crippen molar-refractivity contribution in [3.8, 4) is 0 Å². The molecule has 0 saturated heterocycles. The van der Waals surface area contributed by atoms with E-state index < -0.39 is 0 Å². The first-order valence-corrected chi connectivity index (χ1v) is 8.53. The van der Waals surface area contributed by atoms with Gasteiger partial charge in [-0.1, -0.05) is 45.7 Å². The van der Waals surface area contributed by atoms with E-state index in [0.717, 1.165) is 21.3 Å². The summed E-state index contributed by atoms with van der Waals surface area (Å²) < 4.78 is 0.753. The molecule has 2 amide bonds. The summed E-state index contributed by atoms with van der Waals surface area (Å²) in [6.45, 7) is 3.80. The molecule has 0 aromatic heterocycles. The summed E-state index contributed by atoms with van der Waals surface area (Å²) in [7, 11) is 1.57. The molecule has 0 spiro atoms. The van der Waals surface area contributed by atoms with Gasteiger partial charge in [0.05, 0.1) is 17.1 Å². The molecule has 0 saturated carbocycles. The predicted molar refractivity (Wildman–Crippen MR) is 101 cm³/mol. The molecule has 126 valence electrons. The van der Waals surface area contributed by atoms with Crippen LogP contribution in [0.1, 0.15) is 21.5 Å². The Kier molecular flexibility index (Phi) is 6.02. The number of nitrogens with zero attached hydrogens (tertiary/aromatic N) is 1. The van der Waals surface area contributed by atoms with Crippen LogP contribution in [0.5, 0.6) is 0 Å². The van der Waals surface area contributed by atoms with E-state index in [0.29, 0.717) is 10.6 Å². The first-order chi connectivity index (χ1) is 11.3. The van der Waals surface area contributed by atoms with E-state index in [4.69, 9.17) is 11.6 Å². The van der Waals surface area contributed by atoms with Gasteiger partial charge in [-0.2, -0.15) is 0 Å². The van der Waals surface area contributed by atoms with Crippen molar-refractivity contribution in [1.29, 1.82) is 0 Å². The highest BCUT2D eigenvalue weighted by Crippen LogP contribution is 2.22. The van der Waals surface area contributed by atoms with E-state index in [-0.39, 0.29) is 18.4 Å². The molecule has 0 aliphatic carbocycles. The Morgan fingerprint density at radius 1 is 1.17 bits per heavy atom. The van der Waals surface area contributed by atoms with Gasteiger partial charge in [0.2, 0.25) is 5.91 Å². The summed E-state index contributed by atoms with van der Waals surface area (Å²) in [5.74, 6) is -0.563. The van der Waals surface area contributed by atoms with E-state index in [1.54, 1.807) is 25.2 Å². The first kappa shape index (κ1) is 18.5. The third-order valence-electron chi connectivity index (χ3n) is 3.63. The summed E-state index contributed by atoms with van der Waals surface area (Å²) >= 11 is 9.39. The highest BCUT2D eigenvalue weighted by Gasteiger charge is 2.18. The van der Waals surface area contributed by atoms with Crippen LogP contribution < -0.4 is 5.32 Å². The van der Waals surface area contributed by atoms with E-state index in [2.05, 4.69) is 21.2 Å². The monoisotopic (exact) mass is 408 g/mol. The highest BCUT2D eigenvalue weighted by atomic mass is 79.9. The molecule has 2 aromatic rings. The topological polar surface area (TPSA) is 49.4 Å². The minimum Gasteiger partial charge on any atom is -0.332 e. The van der Waals surface area contributed by atoms with Crippen LogP contribution in [0.15, 0.2) is 40.9 Å². The van der Waals surface area contributed by atoms with Crippen LogP contribution in [0, 0.1) is 13.8 Å². The van der Waals surface area contributed by atoms with Gasteiger partial charge in [0.1, 0.15) is 0 Å². The molecule has 0 radical (unpaired) electrons. The third-order valence-corrected chi connectivity index (χ3v) is 4.45. The smallest absolute Gasteiger partial charge is 0.255 e. The molecule has 24 heavy (non-hydrogen) atoms. The number of carbonyl (C=O) groups excluding carboxylic acids is 2. The lowest BCUT2D eigenvalue weighted by Gasteiger charge is -2.19. The molecule has 0 heterocycles. The normalized spacial score (nSPS) is 10.4. The van der Waals surface area contributed by atoms with Gasteiger partial charge >= 0.3 is 0 Å². The summed E-state index contributed by atoms with van der Waals surface area (Å²) in [4.78, 5) is 26.1. The number of carbonyl (C=O) groups is 2. The van der Waals surface area contributed by atoms with Gasteiger partial charge in [-0.25, -0.2) is 0 Å². The second-order valence-corrected chi connectivity index (χ2v) is 6.92. The molecule has 4 nitrogen and oxygen atoms in total. The van der Waals surface area contributed by atoms with Crippen LogP contribution in [-0.2, 0) is 4.79 Å². The van der Waals surface area contributed by atoms with Crippen molar-refractivity contribution >= 4 is 45.0 Å². The number of hydrogen-bond donors (Lipinski definition) is 1. The number of aryl methyl sites for hydroxylation is 2. The van der Waals surface area contributed by atoms with E-state index in [9.17, 15) is 9.59 Å². The quantitative estimate of drug-likeness (QED) is 0.812. The van der Waals surface area contributed by atoms with Crippen molar-refractivity contribution in [2.75, 3.05) is 18.9 Å². The van der Waals surface area contributed by atoms with Gasteiger partial charge < -0.3 is 10.2 Å². The first-order valence-electron chi connectivity index (χ1n) is 7.36. The zero-order valence-electron chi connectivity index (χ0n) is 13.7. The minimum absolute atomic E-state index is 0.0601. The Labute approximate surface area is 154 Å². The number of amides is 2. The molecule has 6 heteroatoms. The molecule has 0 aliphatic heterocycles. The average molecular weight is 410 g/mol. The van der Waals surface area contributed by atoms with Crippen molar-refractivity contribution in [3.05, 3.63) is 62.6 Å². The second kappa shape index (κ2) is 7.81. The van der Waals surface area contributed by atoms with Gasteiger partial charge in [0.15, 0.2) is 0 Å². The zero-order chi connectivity index (χ0) is 17.9. The number of hydrogen-bond acceptors (Lipinski definition) is 2. The Morgan fingerprint density at radius 3 is 2.42 bits per heavy atom. The summed E-state index contributed by atoms with van der Waals surface area (Å²) in [5, 5.41) is 3.22. The van der Waals surface area contributed by atoms with E-state index in [1.165, 1.54) is 4.90 Å². The fourth-order valence-corrected chi connectivity index (χ4v) is 2.90. The molecule has 2 rings (SSSR count). The molecule has 1 N–H and O–H groups in total. The van der Waals surface area contributed by atoms with Crippen molar-refractivity contribution < 1.29 is 9.59 Å². The van der Waals surface area contributed by atoms with Crippen LogP contribution in [0.3, 0.4) is 0 Å². The number of rotatable bonds is 4. The molecule has 0 aliphatic rings. The maximum absolute atomic E-state index is 12.5. The Bertz CT molecular complexity index is 772. The van der Waals surface area contributed by atoms with Crippen LogP contribution >= 0.6 is 27.5 Å². The standard InChI is InChI=1S/C18H18BrClN2O2/c1-11-5-4-6-12(2)17(11)21-16(23)10-22(3)18(24)14-9-13(19)7-8-15(14)20/h4-9H,10H2,1-3H3,(H,21,23). The minimum atomic E-state index is -0.307. The van der Waals surface area contributed by atoms with Crippen LogP contribution in [0.25, 0.3) is 0 Å². The summed E-state index contributed by atoms with van der Waals surface area (Å²) in [5.41, 5.74) is 3.09. The van der Waals surface area contributed by atoms with Crippen LogP contribution in [0.4, 0.5) is 5.69 Å². The molecule has 0 fully saturated rings. The number of nitrogens with one attached hydrogen (secondary N) is 1. The molecular formula is C18H18BrClN2O2. The van der Waals surface area contributed by atoms with Crippen LogP contribution in [-0.4, -0.2) is 30.3 Å². The maximum Gasteiger partial charge on any atom is 0.255 e. The number of anilines is 1. The van der Waals surface area contributed by atoms with Crippen molar-refractivity contribution in [1.82, 2.24) is 4.90 Å². The van der Waals surface area contributed by atoms with Crippen molar-refractivity contribution in [2.24, 2.45) is 0 Å². The number of para-hydroxylation sites is 1. The fraction of sp³-hybridized carbons (Fsp3) is 0.222. The largest absolute Gasteiger partial charge is 0.332 e. The van der Waals surface area contributed by atoms with E-state index in [1.807, 2.05) is 32.0 Å². The second-order valence-electron chi connectivity index (χ2n) is 5.60. The lowest BCUT2D eigenvalue weighted by Crippen LogP contribution is -2.35. The molecule has 0 atom stereocenters. The third kappa shape index (κ3) is 4.36. The van der Waals surface area contributed by atoms with Crippen LogP contribution in [0.2, 0.25) is 5.02 Å². The number of halogens is 2. The van der Waals surface area contributed by atoms with Crippen molar-refractivity contribution in [2.45, 2.75) is 13.8 Å². The summed E-state index contributed by atoms with van der Waals surface area (Å²) in [6.07, 6.45) is 0. The van der Waals surface area contributed by atoms with Gasteiger partial charge in [0.25, 0.3) is 5.91 Å². The highest BCUT2D eigenvalue weighted by molar-refractivity contribution is 9.10. The Balaban J connectivity index is 2.08. The SMILES string of the molecule is Cc1cccc(C)c1NC(=O)CN(C)C(=O)c1cc(Br)ccc1Cl. The molecule has 2 aromatic carbocycles. The molecule has 0 bridgehead atoms. The maximum atomic E-state index is 12.5. The Morgan fingerprint density at radius 2 is 1.79 bits per heavy atom. The number of benzene rings is 2. The lowest BCUT2D eigenvalue weighted by atomic mass is 10.1. The van der Waals surface area contributed by atoms with Crippen molar-refractivity contribution in [3.63, 3.8) is 0 Å². The fourth-order valence-electron chi connectivity index (χ4n) is 2.34. The number of likely N-dealkylation sites (N-methyl/N-ethyl adjacent to an activating group) is 1. The van der Waals surface area contributed by atoms with Gasteiger partial charge in [-0.05, 0) is 43.2 Å². The molecule has 0 unspecified atom stereocenters. The predicted octanol–water partition coefficient (Wildman–Crippen LogP) is 4.43. The Hall–Kier alpha value is -1.85. The average Bonchev–Trinajstić information content (AvgIpc) is 2.52. The van der Waals surface area contributed by atoms with Gasteiger partial charge in [-0.3, -0.25) is 9.59 Å². The molecular weight excluding hydrogens is 392 g/mol. The zero-order valence-corrected chi connectivity index (χ0v) is 16.0. The lowest BCUT2D eigenvalue weighted by molar-refractivity contribution is -0.116. The van der Waals surface area contributed by atoms with Gasteiger partial charge in [0, 0.05) is 17.2 Å². The summed E-state index contributed by atoms with van der Waals surface area (Å²) in [6, 6.07) is 10.8. The van der Waals surface area contributed by atoms with E-state index >= 15 is 0 Å². The van der Waals surface area contributed by atoms with Gasteiger partial charge in [-0.15, -0.1) is 0 Å².